The van der Waals surface area contributed by atoms with E-state index in [1.807, 2.05) is 24.6 Å². The number of amides is 1. The quantitative estimate of drug-likeness (QED) is 0.632. The van der Waals surface area contributed by atoms with E-state index in [1.54, 1.807) is 11.8 Å². The van der Waals surface area contributed by atoms with Crippen molar-refractivity contribution in [3.8, 4) is 16.9 Å². The fourth-order valence-electron chi connectivity index (χ4n) is 3.45. The average Bonchev–Trinajstić information content (AvgIpc) is 3.29. The van der Waals surface area contributed by atoms with Gasteiger partial charge in [0.2, 0.25) is 5.91 Å². The highest BCUT2D eigenvalue weighted by Gasteiger charge is 2.27. The van der Waals surface area contributed by atoms with Crippen molar-refractivity contribution in [2.24, 2.45) is 0 Å². The molecule has 1 unspecified atom stereocenters. The van der Waals surface area contributed by atoms with E-state index >= 15 is 0 Å². The van der Waals surface area contributed by atoms with Gasteiger partial charge in [0, 0.05) is 46.5 Å². The number of aromatic nitrogens is 1. The summed E-state index contributed by atoms with van der Waals surface area (Å²) >= 11 is 8.05. The van der Waals surface area contributed by atoms with Crippen LogP contribution in [0, 0.1) is 0 Å². The van der Waals surface area contributed by atoms with E-state index in [2.05, 4.69) is 34.6 Å². The van der Waals surface area contributed by atoms with E-state index in [1.165, 1.54) is 0 Å². The number of carbonyl (C=O) groups excluding carboxylic acids is 1. The van der Waals surface area contributed by atoms with Crippen molar-refractivity contribution in [1.29, 1.82) is 0 Å². The average molecular weight is 401 g/mol. The van der Waals surface area contributed by atoms with Gasteiger partial charge in [-0.25, -0.2) is 0 Å². The van der Waals surface area contributed by atoms with E-state index < -0.39 is 0 Å². The molecule has 4 nitrogen and oxygen atoms in total. The Kier molecular flexibility index (Phi) is 5.32. The number of fused-ring (bicyclic) bond motifs is 2. The second kappa shape index (κ2) is 7.87. The highest BCUT2D eigenvalue weighted by atomic mass is 35.5. The lowest BCUT2D eigenvalue weighted by atomic mass is 9.99. The standard InChI is InChI=1S/C21H21ClN2O2S/c1-27-7-5-20(25)24-12-17-10-15-9-16(22)11-18(21(15)26-17)13-2-3-19-14(8-13)4-6-23-19/h2-4,6,8-9,11,17,23H,5,7,10,12H2,1H3,(H,24,25). The molecular formula is C21H21ClN2O2S. The summed E-state index contributed by atoms with van der Waals surface area (Å²) in [4.78, 5) is 15.1. The monoisotopic (exact) mass is 400 g/mol. The first-order chi connectivity index (χ1) is 13.1. The normalized spacial score (nSPS) is 15.6. The summed E-state index contributed by atoms with van der Waals surface area (Å²) in [7, 11) is 0. The number of ether oxygens (including phenoxy) is 1. The lowest BCUT2D eigenvalue weighted by Crippen LogP contribution is -2.34. The molecule has 1 aliphatic rings. The number of aromatic amines is 1. The summed E-state index contributed by atoms with van der Waals surface area (Å²) in [6.07, 6.45) is 5.15. The van der Waals surface area contributed by atoms with E-state index in [4.69, 9.17) is 16.3 Å². The van der Waals surface area contributed by atoms with Gasteiger partial charge in [0.25, 0.3) is 0 Å². The van der Waals surface area contributed by atoms with Crippen LogP contribution in [0.4, 0.5) is 0 Å². The number of hydrogen-bond donors (Lipinski definition) is 2. The van der Waals surface area contributed by atoms with E-state index in [9.17, 15) is 4.79 Å². The molecule has 27 heavy (non-hydrogen) atoms. The number of nitrogens with one attached hydrogen (secondary N) is 2. The lowest BCUT2D eigenvalue weighted by Gasteiger charge is -2.14. The number of carbonyl (C=O) groups is 1. The molecule has 6 heteroatoms. The molecule has 0 aliphatic carbocycles. The first kappa shape index (κ1) is 18.3. The molecule has 1 amide bonds. The van der Waals surface area contributed by atoms with Crippen molar-refractivity contribution >= 4 is 40.2 Å². The smallest absolute Gasteiger partial charge is 0.220 e. The number of thioether (sulfide) groups is 1. The highest BCUT2D eigenvalue weighted by molar-refractivity contribution is 7.98. The van der Waals surface area contributed by atoms with Crippen LogP contribution in [0.3, 0.4) is 0 Å². The third kappa shape index (κ3) is 3.94. The maximum absolute atomic E-state index is 11.9. The third-order valence-corrected chi connectivity index (χ3v) is 5.62. The van der Waals surface area contributed by atoms with Crippen LogP contribution < -0.4 is 10.1 Å². The van der Waals surface area contributed by atoms with Gasteiger partial charge >= 0.3 is 0 Å². The molecule has 1 aliphatic heterocycles. The van der Waals surface area contributed by atoms with E-state index in [0.29, 0.717) is 18.0 Å². The van der Waals surface area contributed by atoms with Crippen LogP contribution >= 0.6 is 23.4 Å². The molecule has 0 saturated carbocycles. The fourth-order valence-corrected chi connectivity index (χ4v) is 4.08. The molecule has 2 heterocycles. The topological polar surface area (TPSA) is 54.1 Å². The van der Waals surface area contributed by atoms with Crippen LogP contribution in [0.1, 0.15) is 12.0 Å². The van der Waals surface area contributed by atoms with Crippen LogP contribution in [-0.2, 0) is 11.2 Å². The summed E-state index contributed by atoms with van der Waals surface area (Å²) in [6.45, 7) is 0.510. The van der Waals surface area contributed by atoms with Gasteiger partial charge in [0.15, 0.2) is 0 Å². The maximum atomic E-state index is 11.9. The molecule has 2 N–H and O–H groups in total. The van der Waals surface area contributed by atoms with Crippen molar-refractivity contribution in [1.82, 2.24) is 10.3 Å². The molecule has 1 aromatic heterocycles. The Morgan fingerprint density at radius 1 is 1.33 bits per heavy atom. The molecule has 1 atom stereocenters. The second-order valence-electron chi connectivity index (χ2n) is 6.71. The predicted molar refractivity (Wildman–Crippen MR) is 113 cm³/mol. The Morgan fingerprint density at radius 3 is 3.07 bits per heavy atom. The first-order valence-corrected chi connectivity index (χ1v) is 10.7. The second-order valence-corrected chi connectivity index (χ2v) is 8.13. The zero-order valence-corrected chi connectivity index (χ0v) is 16.6. The minimum Gasteiger partial charge on any atom is -0.487 e. The molecule has 4 rings (SSSR count). The van der Waals surface area contributed by atoms with Crippen molar-refractivity contribution in [2.75, 3.05) is 18.6 Å². The Bertz CT molecular complexity index is 985. The third-order valence-electron chi connectivity index (χ3n) is 4.79. The van der Waals surface area contributed by atoms with E-state index in [-0.39, 0.29) is 12.0 Å². The molecule has 0 radical (unpaired) electrons. The highest BCUT2D eigenvalue weighted by Crippen LogP contribution is 2.41. The molecule has 0 spiro atoms. The number of benzene rings is 2. The summed E-state index contributed by atoms with van der Waals surface area (Å²) in [5, 5.41) is 4.82. The molecule has 140 valence electrons. The van der Waals surface area contributed by atoms with Crippen molar-refractivity contribution in [2.45, 2.75) is 18.9 Å². The summed E-state index contributed by atoms with van der Waals surface area (Å²) < 4.78 is 6.21. The Hall–Kier alpha value is -2.11. The van der Waals surface area contributed by atoms with Crippen LogP contribution in [-0.4, -0.2) is 35.5 Å². The first-order valence-electron chi connectivity index (χ1n) is 8.96. The van der Waals surface area contributed by atoms with Crippen LogP contribution in [0.5, 0.6) is 5.75 Å². The molecule has 2 aromatic carbocycles. The van der Waals surface area contributed by atoms with E-state index in [0.717, 1.165) is 45.5 Å². The minimum atomic E-state index is -0.0635. The lowest BCUT2D eigenvalue weighted by molar-refractivity contribution is -0.121. The molecule has 0 bridgehead atoms. The zero-order valence-electron chi connectivity index (χ0n) is 15.0. The summed E-state index contributed by atoms with van der Waals surface area (Å²) in [5.41, 5.74) is 4.27. The van der Waals surface area contributed by atoms with Gasteiger partial charge in [-0.2, -0.15) is 11.8 Å². The largest absolute Gasteiger partial charge is 0.487 e. The molecule has 0 fully saturated rings. The number of H-pyrrole nitrogens is 1. The van der Waals surface area contributed by atoms with Gasteiger partial charge < -0.3 is 15.0 Å². The van der Waals surface area contributed by atoms with Gasteiger partial charge in [0.1, 0.15) is 11.9 Å². The van der Waals surface area contributed by atoms with Crippen molar-refractivity contribution < 1.29 is 9.53 Å². The van der Waals surface area contributed by atoms with Gasteiger partial charge in [0.05, 0.1) is 6.54 Å². The fraction of sp³-hybridized carbons (Fsp3) is 0.286. The SMILES string of the molecule is CSCCC(=O)NCC1Cc2cc(Cl)cc(-c3ccc4[nH]ccc4c3)c2O1. The van der Waals surface area contributed by atoms with Crippen LogP contribution in [0.2, 0.25) is 5.02 Å². The van der Waals surface area contributed by atoms with Gasteiger partial charge in [-0.15, -0.1) is 0 Å². The Balaban J connectivity index is 1.55. The van der Waals surface area contributed by atoms with Gasteiger partial charge in [-0.3, -0.25) is 4.79 Å². The summed E-state index contributed by atoms with van der Waals surface area (Å²) in [5.74, 6) is 1.77. The number of halogens is 1. The van der Waals surface area contributed by atoms with Crippen LogP contribution in [0.25, 0.3) is 22.0 Å². The van der Waals surface area contributed by atoms with Crippen molar-refractivity contribution in [3.05, 3.63) is 53.2 Å². The Labute approximate surface area is 167 Å². The number of hydrogen-bond acceptors (Lipinski definition) is 3. The zero-order chi connectivity index (χ0) is 18.8. The maximum Gasteiger partial charge on any atom is 0.220 e. The molecular weight excluding hydrogens is 380 g/mol. The predicted octanol–water partition coefficient (Wildman–Crippen LogP) is 4.66. The Morgan fingerprint density at radius 2 is 2.22 bits per heavy atom. The van der Waals surface area contributed by atoms with Crippen molar-refractivity contribution in [3.63, 3.8) is 0 Å². The molecule has 0 saturated heterocycles. The summed E-state index contributed by atoms with van der Waals surface area (Å²) in [6, 6.07) is 12.2. The van der Waals surface area contributed by atoms with Crippen LogP contribution in [0.15, 0.2) is 42.6 Å². The van der Waals surface area contributed by atoms with Gasteiger partial charge in [-0.1, -0.05) is 17.7 Å². The molecule has 3 aromatic rings. The minimum absolute atomic E-state index is 0.0635. The van der Waals surface area contributed by atoms with Gasteiger partial charge in [-0.05, 0) is 47.5 Å². The number of rotatable bonds is 6.